The van der Waals surface area contributed by atoms with Crippen molar-refractivity contribution in [2.45, 2.75) is 88.8 Å². The molecule has 0 aromatic rings. The second-order valence-electron chi connectivity index (χ2n) is 7.52. The number of hydrogen-bond acceptors (Lipinski definition) is 2. The van der Waals surface area contributed by atoms with Gasteiger partial charge in [-0.05, 0) is 38.5 Å². The van der Waals surface area contributed by atoms with Crippen molar-refractivity contribution in [1.29, 1.82) is 0 Å². The first-order chi connectivity index (χ1) is 11.2. The van der Waals surface area contributed by atoms with Gasteiger partial charge in [0, 0.05) is 25.7 Å². The van der Waals surface area contributed by atoms with E-state index in [9.17, 15) is 9.59 Å². The third-order valence-electron chi connectivity index (χ3n) is 5.95. The predicted octanol–water partition coefficient (Wildman–Crippen LogP) is 2.89. The van der Waals surface area contributed by atoms with Crippen LogP contribution in [0.2, 0.25) is 0 Å². The summed E-state index contributed by atoms with van der Waals surface area (Å²) < 4.78 is 0. The van der Waals surface area contributed by atoms with Crippen molar-refractivity contribution in [1.82, 2.24) is 15.1 Å². The Labute approximate surface area is 139 Å². The number of nitrogens with one attached hydrogen (secondary N) is 1. The molecule has 1 atom stereocenters. The number of urea groups is 1. The molecule has 5 nitrogen and oxygen atoms in total. The molecule has 0 spiro atoms. The van der Waals surface area contributed by atoms with E-state index in [1.165, 1.54) is 32.1 Å². The molecule has 130 valence electrons. The fraction of sp³-hybridized carbons (Fsp3) is 0.889. The van der Waals surface area contributed by atoms with Gasteiger partial charge in [-0.1, -0.05) is 32.1 Å². The molecule has 23 heavy (non-hydrogen) atoms. The molecule has 3 rings (SSSR count). The topological polar surface area (TPSA) is 52.7 Å². The van der Waals surface area contributed by atoms with Crippen molar-refractivity contribution in [3.63, 3.8) is 0 Å². The number of nitrogens with zero attached hydrogens (tertiary/aromatic N) is 2. The van der Waals surface area contributed by atoms with E-state index in [2.05, 4.69) is 5.32 Å². The van der Waals surface area contributed by atoms with Crippen molar-refractivity contribution >= 4 is 11.9 Å². The van der Waals surface area contributed by atoms with E-state index >= 15 is 0 Å². The number of carbonyl (C=O) groups excluding carboxylic acids is 2. The smallest absolute Gasteiger partial charge is 0.318 e. The molecule has 3 fully saturated rings. The summed E-state index contributed by atoms with van der Waals surface area (Å²) in [5.74, 6) is 0.146. The van der Waals surface area contributed by atoms with Crippen molar-refractivity contribution in [3.8, 4) is 0 Å². The average molecular weight is 321 g/mol. The molecule has 0 bridgehead atoms. The van der Waals surface area contributed by atoms with Crippen molar-refractivity contribution in [2.24, 2.45) is 0 Å². The molecule has 0 radical (unpaired) electrons. The van der Waals surface area contributed by atoms with Crippen LogP contribution in [0.5, 0.6) is 0 Å². The summed E-state index contributed by atoms with van der Waals surface area (Å²) in [6.45, 7) is 0.716. The quantitative estimate of drug-likeness (QED) is 0.869. The van der Waals surface area contributed by atoms with Crippen molar-refractivity contribution in [3.05, 3.63) is 0 Å². The highest BCUT2D eigenvalue weighted by atomic mass is 16.2. The Morgan fingerprint density at radius 1 is 0.913 bits per heavy atom. The Balaban J connectivity index is 1.57. The lowest BCUT2D eigenvalue weighted by atomic mass is 9.96. The molecule has 1 aliphatic heterocycles. The molecule has 1 saturated heterocycles. The number of amides is 3. The zero-order valence-electron chi connectivity index (χ0n) is 14.4. The number of carbonyl (C=O) groups is 2. The van der Waals surface area contributed by atoms with Crippen LogP contribution in [0.4, 0.5) is 4.79 Å². The maximum Gasteiger partial charge on any atom is 0.318 e. The minimum absolute atomic E-state index is 0.0208. The summed E-state index contributed by atoms with van der Waals surface area (Å²) in [6.07, 6.45) is 12.3. The van der Waals surface area contributed by atoms with Crippen LogP contribution in [0, 0.1) is 0 Å². The number of hydrogen-bond donors (Lipinski definition) is 1. The fourth-order valence-corrected chi connectivity index (χ4v) is 4.48. The Hall–Kier alpha value is -1.26. The summed E-state index contributed by atoms with van der Waals surface area (Å²) in [5, 5.41) is 3.17. The molecule has 1 heterocycles. The second-order valence-corrected chi connectivity index (χ2v) is 7.52. The van der Waals surface area contributed by atoms with Crippen LogP contribution in [-0.2, 0) is 4.79 Å². The minimum Gasteiger partial charge on any atom is -0.341 e. The molecule has 3 amide bonds. The lowest BCUT2D eigenvalue weighted by Gasteiger charge is -2.33. The lowest BCUT2D eigenvalue weighted by molar-refractivity contribution is -0.135. The third kappa shape index (κ3) is 3.81. The molecule has 0 aromatic heterocycles. The van der Waals surface area contributed by atoms with Gasteiger partial charge in [0.05, 0.1) is 0 Å². The van der Waals surface area contributed by atoms with E-state index in [4.69, 9.17) is 0 Å². The van der Waals surface area contributed by atoms with Gasteiger partial charge in [-0.25, -0.2) is 4.79 Å². The van der Waals surface area contributed by atoms with Gasteiger partial charge in [0.15, 0.2) is 0 Å². The number of rotatable bonds is 3. The Kier molecular flexibility index (Phi) is 5.44. The predicted molar refractivity (Wildman–Crippen MR) is 90.2 cm³/mol. The SMILES string of the molecule is CN(C(=O)C1CCCN1C(=O)NC1CCCCC1)C1CCCC1. The van der Waals surface area contributed by atoms with Gasteiger partial charge in [-0.2, -0.15) is 0 Å². The maximum atomic E-state index is 12.8. The average Bonchev–Trinajstić information content (AvgIpc) is 3.25. The number of likely N-dealkylation sites (tertiary alicyclic amines) is 1. The van der Waals surface area contributed by atoms with E-state index in [1.807, 2.05) is 11.9 Å². The molecule has 0 aromatic carbocycles. The van der Waals surface area contributed by atoms with E-state index < -0.39 is 0 Å². The molecular formula is C18H31N3O2. The summed E-state index contributed by atoms with van der Waals surface area (Å²) in [6, 6.07) is 0.420. The Morgan fingerprint density at radius 3 is 2.26 bits per heavy atom. The van der Waals surface area contributed by atoms with Crippen LogP contribution in [0.3, 0.4) is 0 Å². The van der Waals surface area contributed by atoms with Crippen LogP contribution < -0.4 is 5.32 Å². The van der Waals surface area contributed by atoms with E-state index in [-0.39, 0.29) is 18.0 Å². The minimum atomic E-state index is -0.246. The van der Waals surface area contributed by atoms with Gasteiger partial charge in [-0.3, -0.25) is 4.79 Å². The van der Waals surface area contributed by atoms with Gasteiger partial charge in [-0.15, -0.1) is 0 Å². The highest BCUT2D eigenvalue weighted by molar-refractivity contribution is 5.87. The summed E-state index contributed by atoms with van der Waals surface area (Å²) in [7, 11) is 1.92. The van der Waals surface area contributed by atoms with Crippen LogP contribution in [0.1, 0.15) is 70.6 Å². The first-order valence-electron chi connectivity index (χ1n) is 9.50. The number of likely N-dealkylation sites (N-methyl/N-ethyl adjacent to an activating group) is 1. The van der Waals surface area contributed by atoms with E-state index in [0.717, 1.165) is 38.5 Å². The molecule has 2 aliphatic carbocycles. The normalized spacial score (nSPS) is 26.5. The van der Waals surface area contributed by atoms with Gasteiger partial charge in [0.25, 0.3) is 0 Å². The molecule has 1 unspecified atom stereocenters. The highest BCUT2D eigenvalue weighted by Crippen LogP contribution is 2.26. The van der Waals surface area contributed by atoms with Gasteiger partial charge in [0.2, 0.25) is 5.91 Å². The zero-order valence-corrected chi connectivity index (χ0v) is 14.4. The highest BCUT2D eigenvalue weighted by Gasteiger charge is 2.38. The molecular weight excluding hydrogens is 290 g/mol. The van der Waals surface area contributed by atoms with Gasteiger partial charge in [0.1, 0.15) is 6.04 Å². The largest absolute Gasteiger partial charge is 0.341 e. The monoisotopic (exact) mass is 321 g/mol. The first-order valence-corrected chi connectivity index (χ1v) is 9.50. The fourth-order valence-electron chi connectivity index (χ4n) is 4.48. The first kappa shape index (κ1) is 16.6. The molecule has 2 saturated carbocycles. The van der Waals surface area contributed by atoms with Crippen LogP contribution in [0.25, 0.3) is 0 Å². The Bertz CT molecular complexity index is 428. The third-order valence-corrected chi connectivity index (χ3v) is 5.95. The maximum absolute atomic E-state index is 12.8. The summed E-state index contributed by atoms with van der Waals surface area (Å²) in [5.41, 5.74) is 0. The lowest BCUT2D eigenvalue weighted by Crippen LogP contribution is -2.53. The standard InChI is InChI=1S/C18H31N3O2/c1-20(15-10-5-6-11-15)17(22)16-12-7-13-21(16)18(23)19-14-8-3-2-4-9-14/h14-16H,2-13H2,1H3,(H,19,23). The Morgan fingerprint density at radius 2 is 1.57 bits per heavy atom. The molecule has 3 aliphatic rings. The van der Waals surface area contributed by atoms with Gasteiger partial charge < -0.3 is 15.1 Å². The molecule has 5 heteroatoms. The second kappa shape index (κ2) is 7.54. The van der Waals surface area contributed by atoms with Crippen LogP contribution in [0.15, 0.2) is 0 Å². The van der Waals surface area contributed by atoms with Crippen molar-refractivity contribution in [2.75, 3.05) is 13.6 Å². The van der Waals surface area contributed by atoms with Gasteiger partial charge >= 0.3 is 6.03 Å². The zero-order chi connectivity index (χ0) is 16.2. The molecule has 1 N–H and O–H groups in total. The van der Waals surface area contributed by atoms with Crippen LogP contribution >= 0.6 is 0 Å². The van der Waals surface area contributed by atoms with E-state index in [0.29, 0.717) is 18.6 Å². The summed E-state index contributed by atoms with van der Waals surface area (Å²) >= 11 is 0. The summed E-state index contributed by atoms with van der Waals surface area (Å²) in [4.78, 5) is 29.2. The van der Waals surface area contributed by atoms with Crippen molar-refractivity contribution < 1.29 is 9.59 Å². The van der Waals surface area contributed by atoms with E-state index in [1.54, 1.807) is 4.90 Å². The van der Waals surface area contributed by atoms with Crippen LogP contribution in [-0.4, -0.2) is 53.5 Å².